The van der Waals surface area contributed by atoms with Crippen LogP contribution in [0, 0.1) is 29.3 Å². The quantitative estimate of drug-likeness (QED) is 0.378. The van der Waals surface area contributed by atoms with E-state index in [4.69, 9.17) is 4.74 Å². The highest BCUT2D eigenvalue weighted by molar-refractivity contribution is 5.66. The lowest BCUT2D eigenvalue weighted by Gasteiger charge is -2.28. The van der Waals surface area contributed by atoms with E-state index in [1.54, 1.807) is 6.07 Å². The molecule has 1 nitrogen and oxygen atoms in total. The summed E-state index contributed by atoms with van der Waals surface area (Å²) < 4.78 is 48.5. The Labute approximate surface area is 178 Å². The van der Waals surface area contributed by atoms with Gasteiger partial charge >= 0.3 is 0 Å². The molecule has 0 aliphatic heterocycles. The Bertz CT molecular complexity index is 854. The molecule has 0 saturated heterocycles. The molecule has 3 rings (SSSR count). The summed E-state index contributed by atoms with van der Waals surface area (Å²) in [4.78, 5) is 0. The molecule has 0 atom stereocenters. The summed E-state index contributed by atoms with van der Waals surface area (Å²) in [6.07, 6.45) is 11.0. The van der Waals surface area contributed by atoms with Gasteiger partial charge in [0.2, 0.25) is 5.82 Å². The summed E-state index contributed by atoms with van der Waals surface area (Å²) >= 11 is 0. The van der Waals surface area contributed by atoms with Gasteiger partial charge in [0.05, 0.1) is 0 Å². The van der Waals surface area contributed by atoms with Crippen molar-refractivity contribution in [1.82, 2.24) is 0 Å². The second-order valence-corrected chi connectivity index (χ2v) is 8.37. The molecule has 0 radical (unpaired) electrons. The van der Waals surface area contributed by atoms with Crippen LogP contribution in [0.2, 0.25) is 0 Å². The maximum absolute atomic E-state index is 14.7. The molecule has 0 amide bonds. The highest BCUT2D eigenvalue weighted by Crippen LogP contribution is 2.35. The van der Waals surface area contributed by atoms with Crippen molar-refractivity contribution in [2.24, 2.45) is 11.8 Å². The number of benzene rings is 2. The van der Waals surface area contributed by atoms with Crippen LogP contribution in [0.5, 0.6) is 5.75 Å². The van der Waals surface area contributed by atoms with Gasteiger partial charge in [-0.3, -0.25) is 0 Å². The third-order valence-electron chi connectivity index (χ3n) is 6.23. The first-order valence-corrected chi connectivity index (χ1v) is 11.0. The van der Waals surface area contributed by atoms with E-state index in [1.165, 1.54) is 62.8 Å². The van der Waals surface area contributed by atoms with Crippen LogP contribution < -0.4 is 4.74 Å². The predicted molar refractivity (Wildman–Crippen MR) is 116 cm³/mol. The molecule has 0 spiro atoms. The Balaban J connectivity index is 1.64. The second-order valence-electron chi connectivity index (χ2n) is 8.37. The number of hydrogen-bond acceptors (Lipinski definition) is 1. The molecule has 2 aromatic carbocycles. The highest BCUT2D eigenvalue weighted by atomic mass is 19.2. The summed E-state index contributed by atoms with van der Waals surface area (Å²) in [6.45, 7) is 5.79. The zero-order chi connectivity index (χ0) is 21.5. The van der Waals surface area contributed by atoms with Crippen LogP contribution in [-0.2, 0) is 6.42 Å². The monoisotopic (exact) mass is 416 g/mol. The average molecular weight is 417 g/mol. The lowest BCUT2D eigenvalue weighted by Crippen LogP contribution is -2.15. The van der Waals surface area contributed by atoms with Crippen LogP contribution in [0.25, 0.3) is 11.1 Å². The average Bonchev–Trinajstić information content (AvgIpc) is 2.75. The number of rotatable bonds is 9. The van der Waals surface area contributed by atoms with Crippen molar-refractivity contribution in [3.8, 4) is 16.9 Å². The minimum atomic E-state index is -1.11. The smallest absolute Gasteiger partial charge is 0.201 e. The third-order valence-corrected chi connectivity index (χ3v) is 6.23. The van der Waals surface area contributed by atoms with Crippen LogP contribution in [-0.4, -0.2) is 6.61 Å². The SMILES string of the molecule is C=CCOc1ccc(-c2ccc(CCC3CCC(CCC)CC3)cc2F)c(F)c1F. The zero-order valence-electron chi connectivity index (χ0n) is 17.7. The van der Waals surface area contributed by atoms with Gasteiger partial charge in [0.15, 0.2) is 11.6 Å². The summed E-state index contributed by atoms with van der Waals surface area (Å²) in [5, 5.41) is 0. The van der Waals surface area contributed by atoms with Crippen LogP contribution in [0.3, 0.4) is 0 Å². The summed E-state index contributed by atoms with van der Waals surface area (Å²) in [7, 11) is 0. The number of halogens is 3. The minimum Gasteiger partial charge on any atom is -0.486 e. The normalized spacial score (nSPS) is 18.9. The molecule has 0 aromatic heterocycles. The molecule has 0 heterocycles. The van der Waals surface area contributed by atoms with E-state index in [0.717, 1.165) is 24.3 Å². The van der Waals surface area contributed by atoms with Gasteiger partial charge in [-0.05, 0) is 48.4 Å². The molecule has 1 fully saturated rings. The highest BCUT2D eigenvalue weighted by Gasteiger charge is 2.21. The van der Waals surface area contributed by atoms with Crippen molar-refractivity contribution < 1.29 is 17.9 Å². The summed E-state index contributed by atoms with van der Waals surface area (Å²) in [6, 6.07) is 7.49. The van der Waals surface area contributed by atoms with Gasteiger partial charge < -0.3 is 4.74 Å². The Morgan fingerprint density at radius 1 is 0.933 bits per heavy atom. The first kappa shape index (κ1) is 22.5. The van der Waals surface area contributed by atoms with Crippen molar-refractivity contribution in [1.29, 1.82) is 0 Å². The molecule has 162 valence electrons. The van der Waals surface area contributed by atoms with E-state index in [-0.39, 0.29) is 23.5 Å². The van der Waals surface area contributed by atoms with Crippen molar-refractivity contribution in [3.63, 3.8) is 0 Å². The van der Waals surface area contributed by atoms with Gasteiger partial charge in [0.25, 0.3) is 0 Å². The van der Waals surface area contributed by atoms with E-state index in [2.05, 4.69) is 13.5 Å². The van der Waals surface area contributed by atoms with Crippen LogP contribution in [0.15, 0.2) is 43.0 Å². The predicted octanol–water partition coefficient (Wildman–Crippen LogP) is 7.87. The van der Waals surface area contributed by atoms with Crippen molar-refractivity contribution in [3.05, 3.63) is 66.0 Å². The molecule has 1 saturated carbocycles. The van der Waals surface area contributed by atoms with Crippen LogP contribution in [0.1, 0.15) is 57.4 Å². The van der Waals surface area contributed by atoms with E-state index >= 15 is 0 Å². The number of aryl methyl sites for hydroxylation is 1. The topological polar surface area (TPSA) is 9.23 Å². The van der Waals surface area contributed by atoms with Gasteiger partial charge in [-0.2, -0.15) is 4.39 Å². The van der Waals surface area contributed by atoms with Crippen molar-refractivity contribution >= 4 is 0 Å². The molecule has 1 aliphatic rings. The fraction of sp³-hybridized carbons (Fsp3) is 0.462. The Kier molecular flexibility index (Phi) is 8.01. The summed E-state index contributed by atoms with van der Waals surface area (Å²) in [5.41, 5.74) is 0.862. The first-order chi connectivity index (χ1) is 14.5. The molecule has 4 heteroatoms. The van der Waals surface area contributed by atoms with Crippen LogP contribution >= 0.6 is 0 Å². The van der Waals surface area contributed by atoms with Gasteiger partial charge in [-0.1, -0.05) is 70.2 Å². The molecule has 30 heavy (non-hydrogen) atoms. The maximum Gasteiger partial charge on any atom is 0.201 e. The van der Waals surface area contributed by atoms with E-state index in [1.807, 2.05) is 6.07 Å². The van der Waals surface area contributed by atoms with Crippen LogP contribution in [0.4, 0.5) is 13.2 Å². The third kappa shape index (κ3) is 5.47. The Hall–Kier alpha value is -2.23. The van der Waals surface area contributed by atoms with Gasteiger partial charge in [0.1, 0.15) is 12.4 Å². The summed E-state index contributed by atoms with van der Waals surface area (Å²) in [5.74, 6) is -1.37. The maximum atomic E-state index is 14.7. The minimum absolute atomic E-state index is 0.0606. The molecule has 0 N–H and O–H groups in total. The van der Waals surface area contributed by atoms with Gasteiger partial charge in [0, 0.05) is 11.1 Å². The van der Waals surface area contributed by atoms with Crippen molar-refractivity contribution in [2.45, 2.75) is 58.3 Å². The lowest BCUT2D eigenvalue weighted by molar-refractivity contribution is 0.252. The largest absolute Gasteiger partial charge is 0.486 e. The van der Waals surface area contributed by atoms with E-state index in [0.29, 0.717) is 5.92 Å². The standard InChI is InChI=1S/C26H31F3O/c1-3-5-18-6-8-19(9-7-18)10-11-20-12-13-21(23(27)17-20)22-14-15-24(30-16-4-2)26(29)25(22)28/h4,12-15,17-19H,2-3,5-11,16H2,1H3. The number of hydrogen-bond donors (Lipinski definition) is 0. The fourth-order valence-corrected chi connectivity index (χ4v) is 4.52. The van der Waals surface area contributed by atoms with Gasteiger partial charge in [-0.15, -0.1) is 0 Å². The second kappa shape index (κ2) is 10.7. The Morgan fingerprint density at radius 2 is 1.60 bits per heavy atom. The molecule has 2 aromatic rings. The zero-order valence-corrected chi connectivity index (χ0v) is 17.7. The Morgan fingerprint density at radius 3 is 2.23 bits per heavy atom. The van der Waals surface area contributed by atoms with Crippen molar-refractivity contribution in [2.75, 3.05) is 6.61 Å². The van der Waals surface area contributed by atoms with Gasteiger partial charge in [-0.25, -0.2) is 8.78 Å². The fourth-order valence-electron chi connectivity index (χ4n) is 4.52. The molecular weight excluding hydrogens is 385 g/mol. The number of ether oxygens (including phenoxy) is 1. The lowest BCUT2D eigenvalue weighted by atomic mass is 9.78. The molecule has 1 aliphatic carbocycles. The first-order valence-electron chi connectivity index (χ1n) is 11.0. The van der Waals surface area contributed by atoms with E-state index < -0.39 is 17.5 Å². The molecule has 0 bridgehead atoms. The van der Waals surface area contributed by atoms with E-state index in [9.17, 15) is 13.2 Å². The molecular formula is C26H31F3O. The molecule has 0 unspecified atom stereocenters.